The first-order valence-electron chi connectivity index (χ1n) is 9.69. The average molecular weight is 406 g/mol. The number of H-pyrrole nitrogens is 1. The quantitative estimate of drug-likeness (QED) is 0.850. The van der Waals surface area contributed by atoms with Gasteiger partial charge in [0.1, 0.15) is 12.2 Å². The van der Waals surface area contributed by atoms with E-state index in [0.717, 1.165) is 17.1 Å². The third kappa shape index (κ3) is 3.30. The summed E-state index contributed by atoms with van der Waals surface area (Å²) in [4.78, 5) is 22.0. The van der Waals surface area contributed by atoms with Crippen molar-refractivity contribution < 1.29 is 18.0 Å². The lowest BCUT2D eigenvalue weighted by molar-refractivity contribution is -0.180. The number of nitrogens with zero attached hydrogens (tertiary/aromatic N) is 5. The van der Waals surface area contributed by atoms with Crippen LogP contribution < -0.4 is 4.90 Å². The highest BCUT2D eigenvalue weighted by Crippen LogP contribution is 2.37. The molecule has 0 unspecified atom stereocenters. The first-order valence-corrected chi connectivity index (χ1v) is 9.69. The Bertz CT molecular complexity index is 866. The zero-order valence-electron chi connectivity index (χ0n) is 15.6. The summed E-state index contributed by atoms with van der Waals surface area (Å²) in [7, 11) is 0. The molecule has 0 radical (unpaired) electrons. The van der Waals surface area contributed by atoms with Gasteiger partial charge in [0, 0.05) is 50.9 Å². The third-order valence-electron chi connectivity index (χ3n) is 6.20. The van der Waals surface area contributed by atoms with Crippen LogP contribution in [0.5, 0.6) is 0 Å². The summed E-state index contributed by atoms with van der Waals surface area (Å²) in [5.74, 6) is 0.0982. The standard InChI is InChI=1S/C19H21F3N6O/c20-19(21,22)15-9-26(10-15)16-3-1-12(2-4-16)13-5-27(6-13)18(29)28-7-14(8-28)17-23-11-24-25-17/h1-4,11,13-15H,5-10H2,(H,23,24,25). The van der Waals surface area contributed by atoms with E-state index in [4.69, 9.17) is 0 Å². The molecule has 29 heavy (non-hydrogen) atoms. The van der Waals surface area contributed by atoms with Crippen LogP contribution in [0.3, 0.4) is 0 Å². The number of carbonyl (C=O) groups excluding carboxylic acids is 1. The van der Waals surface area contributed by atoms with Gasteiger partial charge in [-0.15, -0.1) is 0 Å². The number of hydrogen-bond donors (Lipinski definition) is 1. The van der Waals surface area contributed by atoms with E-state index >= 15 is 0 Å². The smallest absolute Gasteiger partial charge is 0.370 e. The van der Waals surface area contributed by atoms with E-state index in [-0.39, 0.29) is 31.0 Å². The van der Waals surface area contributed by atoms with E-state index in [9.17, 15) is 18.0 Å². The molecule has 10 heteroatoms. The fourth-order valence-electron chi connectivity index (χ4n) is 4.12. The zero-order chi connectivity index (χ0) is 20.2. The van der Waals surface area contributed by atoms with Crippen molar-refractivity contribution in [3.05, 3.63) is 42.0 Å². The van der Waals surface area contributed by atoms with E-state index in [1.54, 1.807) is 4.90 Å². The fraction of sp³-hybridized carbons (Fsp3) is 0.526. The molecular formula is C19H21F3N6O. The second-order valence-electron chi connectivity index (χ2n) is 8.09. The number of likely N-dealkylation sites (tertiary alicyclic amines) is 2. The van der Waals surface area contributed by atoms with Gasteiger partial charge in [-0.2, -0.15) is 18.3 Å². The van der Waals surface area contributed by atoms with Gasteiger partial charge in [0.05, 0.1) is 11.8 Å². The Morgan fingerprint density at radius 2 is 1.59 bits per heavy atom. The maximum absolute atomic E-state index is 12.6. The van der Waals surface area contributed by atoms with Gasteiger partial charge in [-0.25, -0.2) is 9.78 Å². The summed E-state index contributed by atoms with van der Waals surface area (Å²) >= 11 is 0. The summed E-state index contributed by atoms with van der Waals surface area (Å²) in [5.41, 5.74) is 1.94. The van der Waals surface area contributed by atoms with Crippen LogP contribution in [0.25, 0.3) is 0 Å². The van der Waals surface area contributed by atoms with Crippen molar-refractivity contribution in [2.75, 3.05) is 44.2 Å². The molecule has 3 fully saturated rings. The molecule has 3 saturated heterocycles. The number of aromatic nitrogens is 3. The minimum absolute atomic E-state index is 0.0272. The van der Waals surface area contributed by atoms with Crippen LogP contribution in [-0.2, 0) is 0 Å². The molecule has 5 rings (SSSR count). The first-order chi connectivity index (χ1) is 13.9. The van der Waals surface area contributed by atoms with Gasteiger partial charge in [0.15, 0.2) is 0 Å². The second kappa shape index (κ2) is 6.64. The molecule has 4 heterocycles. The molecule has 154 valence electrons. The molecule has 3 aliphatic rings. The highest BCUT2D eigenvalue weighted by Gasteiger charge is 2.47. The normalized spacial score (nSPS) is 21.0. The Hall–Kier alpha value is -2.78. The maximum Gasteiger partial charge on any atom is 0.395 e. The topological polar surface area (TPSA) is 68.4 Å². The van der Waals surface area contributed by atoms with Crippen molar-refractivity contribution in [3.63, 3.8) is 0 Å². The zero-order valence-corrected chi connectivity index (χ0v) is 15.6. The van der Waals surface area contributed by atoms with Crippen LogP contribution in [0.15, 0.2) is 30.6 Å². The first kappa shape index (κ1) is 18.3. The van der Waals surface area contributed by atoms with E-state index < -0.39 is 12.1 Å². The van der Waals surface area contributed by atoms with Crippen LogP contribution in [0, 0.1) is 5.92 Å². The lowest BCUT2D eigenvalue weighted by atomic mass is 9.90. The minimum atomic E-state index is -4.11. The Morgan fingerprint density at radius 3 is 2.14 bits per heavy atom. The highest BCUT2D eigenvalue weighted by atomic mass is 19.4. The second-order valence-corrected chi connectivity index (χ2v) is 8.09. The van der Waals surface area contributed by atoms with Gasteiger partial charge >= 0.3 is 12.2 Å². The van der Waals surface area contributed by atoms with Crippen molar-refractivity contribution in [1.29, 1.82) is 0 Å². The van der Waals surface area contributed by atoms with E-state index in [2.05, 4.69) is 15.2 Å². The van der Waals surface area contributed by atoms with Crippen molar-refractivity contribution in [1.82, 2.24) is 25.0 Å². The van der Waals surface area contributed by atoms with Gasteiger partial charge in [-0.1, -0.05) is 12.1 Å². The average Bonchev–Trinajstić information content (AvgIpc) is 3.05. The fourth-order valence-corrected chi connectivity index (χ4v) is 4.12. The summed E-state index contributed by atoms with van der Waals surface area (Å²) < 4.78 is 37.9. The molecule has 0 atom stereocenters. The van der Waals surface area contributed by atoms with Crippen molar-refractivity contribution in [3.8, 4) is 0 Å². The van der Waals surface area contributed by atoms with E-state index in [0.29, 0.717) is 26.2 Å². The number of rotatable bonds is 3. The molecule has 0 spiro atoms. The Balaban J connectivity index is 1.09. The van der Waals surface area contributed by atoms with Crippen LogP contribution in [0.1, 0.15) is 23.2 Å². The van der Waals surface area contributed by atoms with Crippen LogP contribution >= 0.6 is 0 Å². The summed E-state index contributed by atoms with van der Waals surface area (Å²) in [6.07, 6.45) is -2.63. The lowest BCUT2D eigenvalue weighted by Crippen LogP contribution is -2.59. The predicted octanol–water partition coefficient (Wildman–Crippen LogP) is 2.42. The molecule has 0 saturated carbocycles. The molecule has 2 amide bonds. The Morgan fingerprint density at radius 1 is 0.966 bits per heavy atom. The largest absolute Gasteiger partial charge is 0.395 e. The minimum Gasteiger partial charge on any atom is -0.370 e. The molecule has 1 N–H and O–H groups in total. The SMILES string of the molecule is O=C(N1CC(c2ccc(N3CC(C(F)(F)F)C3)cc2)C1)N1CC(c2ncn[nH]2)C1. The van der Waals surface area contributed by atoms with E-state index in [1.807, 2.05) is 34.1 Å². The Labute approximate surface area is 165 Å². The number of nitrogens with one attached hydrogen (secondary N) is 1. The van der Waals surface area contributed by atoms with Crippen LogP contribution in [0.2, 0.25) is 0 Å². The molecule has 3 aliphatic heterocycles. The molecule has 0 bridgehead atoms. The number of anilines is 1. The molecule has 7 nitrogen and oxygen atoms in total. The summed E-state index contributed by atoms with van der Waals surface area (Å²) in [6.45, 7) is 2.69. The van der Waals surface area contributed by atoms with Gasteiger partial charge < -0.3 is 14.7 Å². The number of benzene rings is 1. The summed E-state index contributed by atoms with van der Waals surface area (Å²) in [6, 6.07) is 7.74. The number of aromatic amines is 1. The van der Waals surface area contributed by atoms with Gasteiger partial charge in [-0.3, -0.25) is 5.10 Å². The van der Waals surface area contributed by atoms with Crippen LogP contribution in [-0.4, -0.2) is 76.5 Å². The number of halogens is 3. The van der Waals surface area contributed by atoms with Gasteiger partial charge in [0.2, 0.25) is 0 Å². The molecule has 0 aliphatic carbocycles. The third-order valence-corrected chi connectivity index (χ3v) is 6.20. The van der Waals surface area contributed by atoms with Crippen molar-refractivity contribution in [2.24, 2.45) is 5.92 Å². The monoisotopic (exact) mass is 406 g/mol. The molecule has 2 aromatic rings. The molecule has 1 aromatic heterocycles. The van der Waals surface area contributed by atoms with Crippen molar-refractivity contribution in [2.45, 2.75) is 18.0 Å². The maximum atomic E-state index is 12.6. The molecular weight excluding hydrogens is 385 g/mol. The van der Waals surface area contributed by atoms with E-state index in [1.165, 1.54) is 6.33 Å². The Kier molecular flexibility index (Phi) is 4.18. The number of hydrogen-bond acceptors (Lipinski definition) is 4. The van der Waals surface area contributed by atoms with Gasteiger partial charge in [-0.05, 0) is 17.7 Å². The highest BCUT2D eigenvalue weighted by molar-refractivity contribution is 5.76. The van der Waals surface area contributed by atoms with Crippen LogP contribution in [0.4, 0.5) is 23.7 Å². The predicted molar refractivity (Wildman–Crippen MR) is 98.6 cm³/mol. The van der Waals surface area contributed by atoms with Gasteiger partial charge in [0.25, 0.3) is 0 Å². The van der Waals surface area contributed by atoms with Crippen molar-refractivity contribution >= 4 is 11.7 Å². The number of alkyl halides is 3. The lowest BCUT2D eigenvalue weighted by Gasteiger charge is -2.46. The summed E-state index contributed by atoms with van der Waals surface area (Å²) in [5, 5.41) is 6.68. The number of carbonyl (C=O) groups is 1. The number of amides is 2. The number of urea groups is 1. The molecule has 1 aromatic carbocycles.